The molecule has 1 aromatic rings. The second-order valence-corrected chi connectivity index (χ2v) is 2.02. The minimum Gasteiger partial charge on any atom is -0.431 e. The molecule has 1 aromatic heterocycles. The van der Waals surface area contributed by atoms with Crippen molar-refractivity contribution in [2.45, 2.75) is 6.42 Å². The number of rotatable bonds is 1. The summed E-state index contributed by atoms with van der Waals surface area (Å²) in [6, 6.07) is 0.578. The second kappa shape index (κ2) is 2.13. The van der Waals surface area contributed by atoms with Crippen molar-refractivity contribution in [2.24, 2.45) is 5.10 Å². The van der Waals surface area contributed by atoms with Crippen LogP contribution in [0.4, 0.5) is 6.01 Å². The fourth-order valence-electron chi connectivity index (χ4n) is 0.882. The van der Waals surface area contributed by atoms with Crippen LogP contribution in [0.1, 0.15) is 6.42 Å². The minimum absolute atomic E-state index is 0.578. The average molecular weight is 137 g/mol. The molecule has 0 amide bonds. The van der Waals surface area contributed by atoms with Crippen molar-refractivity contribution in [2.75, 3.05) is 11.6 Å². The largest absolute Gasteiger partial charge is 0.431 e. The Morgan fingerprint density at radius 1 is 1.60 bits per heavy atom. The van der Waals surface area contributed by atoms with Gasteiger partial charge in [-0.1, -0.05) is 0 Å². The molecule has 0 spiro atoms. The summed E-state index contributed by atoms with van der Waals surface area (Å²) in [6.45, 7) is 0.876. The molecule has 4 nitrogen and oxygen atoms in total. The number of hydrazone groups is 1. The summed E-state index contributed by atoms with van der Waals surface area (Å²) >= 11 is 0. The summed E-state index contributed by atoms with van der Waals surface area (Å²) in [5, 5.41) is 5.77. The molecule has 0 radical (unpaired) electrons. The normalized spacial score (nSPS) is 16.6. The van der Waals surface area contributed by atoms with Crippen molar-refractivity contribution < 1.29 is 4.42 Å². The number of hydrogen-bond acceptors (Lipinski definition) is 4. The Labute approximate surface area is 58.2 Å². The molecule has 0 saturated carbocycles. The van der Waals surface area contributed by atoms with E-state index in [1.54, 1.807) is 17.5 Å². The van der Waals surface area contributed by atoms with Gasteiger partial charge >= 0.3 is 6.01 Å². The van der Waals surface area contributed by atoms with Gasteiger partial charge in [0.15, 0.2) is 0 Å². The molecular formula is C6H7N3O. The molecule has 2 rings (SSSR count). The highest BCUT2D eigenvalue weighted by molar-refractivity contribution is 5.62. The number of anilines is 1. The summed E-state index contributed by atoms with van der Waals surface area (Å²) in [4.78, 5) is 3.94. The summed E-state index contributed by atoms with van der Waals surface area (Å²) in [6.07, 6.45) is 5.99. The minimum atomic E-state index is 0.578. The highest BCUT2D eigenvalue weighted by Gasteiger charge is 2.11. The standard InChI is InChI=1S/C6H7N3O/c1-2-8-9(4-1)6-7-3-5-10-6/h2-3,5H,1,4H2. The van der Waals surface area contributed by atoms with E-state index in [4.69, 9.17) is 4.42 Å². The van der Waals surface area contributed by atoms with Crippen LogP contribution in [0.5, 0.6) is 0 Å². The first-order chi connectivity index (χ1) is 4.97. The van der Waals surface area contributed by atoms with E-state index in [1.165, 1.54) is 0 Å². The maximum Gasteiger partial charge on any atom is 0.318 e. The van der Waals surface area contributed by atoms with Gasteiger partial charge in [-0.05, 0) is 0 Å². The van der Waals surface area contributed by atoms with Gasteiger partial charge in [-0.2, -0.15) is 5.10 Å². The first-order valence-corrected chi connectivity index (χ1v) is 3.16. The highest BCUT2D eigenvalue weighted by Crippen LogP contribution is 2.12. The Morgan fingerprint density at radius 2 is 2.60 bits per heavy atom. The lowest BCUT2D eigenvalue weighted by atomic mass is 10.5. The molecule has 1 aliphatic heterocycles. The zero-order valence-electron chi connectivity index (χ0n) is 5.40. The molecule has 4 heteroatoms. The van der Waals surface area contributed by atoms with E-state index >= 15 is 0 Å². The predicted molar refractivity (Wildman–Crippen MR) is 37.0 cm³/mol. The van der Waals surface area contributed by atoms with Crippen molar-refractivity contribution in [3.63, 3.8) is 0 Å². The number of nitrogens with zero attached hydrogens (tertiary/aromatic N) is 3. The molecule has 0 aliphatic carbocycles. The van der Waals surface area contributed by atoms with Gasteiger partial charge in [0, 0.05) is 12.6 Å². The maximum absolute atomic E-state index is 5.02. The van der Waals surface area contributed by atoms with Crippen LogP contribution in [-0.4, -0.2) is 17.7 Å². The Bertz CT molecular complexity index is 229. The van der Waals surface area contributed by atoms with Crippen LogP contribution in [0.3, 0.4) is 0 Å². The first-order valence-electron chi connectivity index (χ1n) is 3.16. The highest BCUT2D eigenvalue weighted by atomic mass is 16.4. The number of oxazole rings is 1. The molecule has 0 saturated heterocycles. The van der Waals surface area contributed by atoms with E-state index in [2.05, 4.69) is 10.1 Å². The molecule has 0 atom stereocenters. The third kappa shape index (κ3) is 0.775. The molecule has 0 bridgehead atoms. The van der Waals surface area contributed by atoms with Gasteiger partial charge < -0.3 is 4.42 Å². The molecule has 0 aromatic carbocycles. The monoisotopic (exact) mass is 137 g/mol. The van der Waals surface area contributed by atoms with Crippen molar-refractivity contribution >= 4 is 12.2 Å². The maximum atomic E-state index is 5.02. The van der Waals surface area contributed by atoms with E-state index in [0.717, 1.165) is 13.0 Å². The number of aromatic nitrogens is 1. The SMILES string of the molecule is C1=NN(c2ncco2)CC1. The van der Waals surface area contributed by atoms with Gasteiger partial charge in [-0.3, -0.25) is 0 Å². The topological polar surface area (TPSA) is 41.6 Å². The van der Waals surface area contributed by atoms with Crippen LogP contribution in [0.2, 0.25) is 0 Å². The Balaban J connectivity index is 2.20. The van der Waals surface area contributed by atoms with Gasteiger partial charge in [-0.25, -0.2) is 9.99 Å². The first kappa shape index (κ1) is 5.46. The van der Waals surface area contributed by atoms with Gasteiger partial charge in [0.25, 0.3) is 0 Å². The van der Waals surface area contributed by atoms with E-state index < -0.39 is 0 Å². The third-order valence-electron chi connectivity index (χ3n) is 1.33. The van der Waals surface area contributed by atoms with Gasteiger partial charge in [0.1, 0.15) is 6.26 Å². The molecule has 0 N–H and O–H groups in total. The zero-order valence-corrected chi connectivity index (χ0v) is 5.40. The summed E-state index contributed by atoms with van der Waals surface area (Å²) in [7, 11) is 0. The van der Waals surface area contributed by atoms with Crippen LogP contribution >= 0.6 is 0 Å². The smallest absolute Gasteiger partial charge is 0.318 e. The lowest BCUT2D eigenvalue weighted by Gasteiger charge is -2.05. The van der Waals surface area contributed by atoms with E-state index in [-0.39, 0.29) is 0 Å². The van der Waals surface area contributed by atoms with Crippen LogP contribution in [-0.2, 0) is 0 Å². The zero-order chi connectivity index (χ0) is 6.81. The predicted octanol–water partition coefficient (Wildman–Crippen LogP) is 0.870. The second-order valence-electron chi connectivity index (χ2n) is 2.02. The molecule has 1 aliphatic rings. The van der Waals surface area contributed by atoms with E-state index in [9.17, 15) is 0 Å². The molecular weight excluding hydrogens is 130 g/mol. The van der Waals surface area contributed by atoms with Crippen LogP contribution in [0, 0.1) is 0 Å². The van der Waals surface area contributed by atoms with Crippen molar-refractivity contribution in [1.82, 2.24) is 4.98 Å². The van der Waals surface area contributed by atoms with Crippen molar-refractivity contribution in [1.29, 1.82) is 0 Å². The Morgan fingerprint density at radius 3 is 3.20 bits per heavy atom. The van der Waals surface area contributed by atoms with Gasteiger partial charge in [0.2, 0.25) is 0 Å². The molecule has 0 fully saturated rings. The van der Waals surface area contributed by atoms with Gasteiger partial charge in [0.05, 0.1) is 12.7 Å². The van der Waals surface area contributed by atoms with E-state index in [1.807, 2.05) is 6.21 Å². The molecule has 2 heterocycles. The van der Waals surface area contributed by atoms with Crippen LogP contribution in [0.15, 0.2) is 22.0 Å². The molecule has 10 heavy (non-hydrogen) atoms. The van der Waals surface area contributed by atoms with E-state index in [0.29, 0.717) is 6.01 Å². The van der Waals surface area contributed by atoms with Crippen molar-refractivity contribution in [3.8, 4) is 0 Å². The fourth-order valence-corrected chi connectivity index (χ4v) is 0.882. The molecule has 0 unspecified atom stereocenters. The quantitative estimate of drug-likeness (QED) is 0.576. The summed E-state index contributed by atoms with van der Waals surface area (Å²) < 4.78 is 5.02. The van der Waals surface area contributed by atoms with Crippen LogP contribution in [0.25, 0.3) is 0 Å². The van der Waals surface area contributed by atoms with Gasteiger partial charge in [-0.15, -0.1) is 0 Å². The Hall–Kier alpha value is -1.32. The van der Waals surface area contributed by atoms with Crippen LogP contribution < -0.4 is 5.01 Å². The number of hydrogen-bond donors (Lipinski definition) is 0. The fraction of sp³-hybridized carbons (Fsp3) is 0.333. The lowest BCUT2D eigenvalue weighted by molar-refractivity contribution is 0.544. The van der Waals surface area contributed by atoms with Crippen molar-refractivity contribution in [3.05, 3.63) is 12.5 Å². The summed E-state index contributed by atoms with van der Waals surface area (Å²) in [5.74, 6) is 0. The lowest BCUT2D eigenvalue weighted by Crippen LogP contribution is -2.11. The third-order valence-corrected chi connectivity index (χ3v) is 1.33. The summed E-state index contributed by atoms with van der Waals surface area (Å²) in [5.41, 5.74) is 0. The average Bonchev–Trinajstić information content (AvgIpc) is 2.59. The Kier molecular flexibility index (Phi) is 1.16. The molecule has 52 valence electrons.